The van der Waals surface area contributed by atoms with Crippen LogP contribution < -0.4 is 10.1 Å². The van der Waals surface area contributed by atoms with Crippen LogP contribution in [0.5, 0.6) is 5.75 Å². The number of hydrogen-bond donors (Lipinski definition) is 1. The van der Waals surface area contributed by atoms with Crippen molar-refractivity contribution >= 4 is 46.6 Å². The fourth-order valence-corrected chi connectivity index (χ4v) is 3.72. The summed E-state index contributed by atoms with van der Waals surface area (Å²) in [6.07, 6.45) is 1.77. The van der Waals surface area contributed by atoms with Crippen LogP contribution in [0.1, 0.15) is 6.92 Å². The number of carbonyl (C=O) groups is 1. The van der Waals surface area contributed by atoms with Crippen LogP contribution in [0.25, 0.3) is 11.4 Å². The molecule has 0 saturated carbocycles. The lowest BCUT2D eigenvalue weighted by atomic mass is 10.2. The number of anilines is 1. The third-order valence-corrected chi connectivity index (χ3v) is 5.69. The summed E-state index contributed by atoms with van der Waals surface area (Å²) >= 11 is 13.2. The average Bonchev–Trinajstić information content (AvgIpc) is 3.13. The number of allylic oxidation sites excluding steroid dienone is 1. The van der Waals surface area contributed by atoms with Gasteiger partial charge in [0.05, 0.1) is 22.4 Å². The van der Waals surface area contributed by atoms with E-state index in [4.69, 9.17) is 27.9 Å². The number of thioether (sulfide) groups is 1. The summed E-state index contributed by atoms with van der Waals surface area (Å²) in [4.78, 5) is 12.3. The lowest BCUT2D eigenvalue weighted by Gasteiger charge is -2.09. The van der Waals surface area contributed by atoms with Crippen LogP contribution in [0, 0.1) is 0 Å². The topological polar surface area (TPSA) is 69.0 Å². The summed E-state index contributed by atoms with van der Waals surface area (Å²) in [7, 11) is 0. The van der Waals surface area contributed by atoms with E-state index < -0.39 is 0 Å². The first-order valence-corrected chi connectivity index (χ1v) is 10.9. The molecule has 1 aromatic heterocycles. The van der Waals surface area contributed by atoms with Gasteiger partial charge in [0.2, 0.25) is 5.91 Å². The van der Waals surface area contributed by atoms with Gasteiger partial charge in [-0.25, -0.2) is 0 Å². The summed E-state index contributed by atoms with van der Waals surface area (Å²) in [6, 6.07) is 12.6. The minimum Gasteiger partial charge on any atom is -0.494 e. The van der Waals surface area contributed by atoms with E-state index in [1.165, 1.54) is 11.8 Å². The van der Waals surface area contributed by atoms with Crippen molar-refractivity contribution in [1.82, 2.24) is 14.8 Å². The number of aromatic nitrogens is 3. The van der Waals surface area contributed by atoms with Crippen molar-refractivity contribution in [3.63, 3.8) is 0 Å². The van der Waals surface area contributed by atoms with E-state index in [0.29, 0.717) is 39.9 Å². The van der Waals surface area contributed by atoms with E-state index in [1.54, 1.807) is 24.3 Å². The van der Waals surface area contributed by atoms with Gasteiger partial charge in [-0.1, -0.05) is 41.0 Å². The first-order valence-electron chi connectivity index (χ1n) is 9.16. The molecule has 0 aliphatic heterocycles. The van der Waals surface area contributed by atoms with Crippen LogP contribution in [0.3, 0.4) is 0 Å². The zero-order chi connectivity index (χ0) is 21.5. The number of carbonyl (C=O) groups excluding carboxylic acids is 1. The van der Waals surface area contributed by atoms with E-state index in [2.05, 4.69) is 22.1 Å². The van der Waals surface area contributed by atoms with Gasteiger partial charge in [0.15, 0.2) is 11.0 Å². The van der Waals surface area contributed by atoms with Crippen LogP contribution in [0.4, 0.5) is 5.69 Å². The van der Waals surface area contributed by atoms with Crippen molar-refractivity contribution in [1.29, 1.82) is 0 Å². The summed E-state index contributed by atoms with van der Waals surface area (Å²) in [5.74, 6) is 1.47. The highest BCUT2D eigenvalue weighted by Crippen LogP contribution is 2.27. The van der Waals surface area contributed by atoms with Gasteiger partial charge in [-0.15, -0.1) is 16.8 Å². The average molecular weight is 463 g/mol. The van der Waals surface area contributed by atoms with Gasteiger partial charge in [-0.05, 0) is 49.4 Å². The molecule has 0 aliphatic rings. The van der Waals surface area contributed by atoms with Crippen molar-refractivity contribution in [2.45, 2.75) is 18.6 Å². The molecule has 9 heteroatoms. The molecule has 0 aliphatic carbocycles. The smallest absolute Gasteiger partial charge is 0.234 e. The van der Waals surface area contributed by atoms with Crippen LogP contribution in [0.2, 0.25) is 10.0 Å². The van der Waals surface area contributed by atoms with Crippen molar-refractivity contribution in [3.8, 4) is 17.1 Å². The van der Waals surface area contributed by atoms with Gasteiger partial charge in [0.25, 0.3) is 0 Å². The maximum atomic E-state index is 12.3. The molecule has 0 unspecified atom stereocenters. The van der Waals surface area contributed by atoms with Crippen LogP contribution >= 0.6 is 35.0 Å². The zero-order valence-corrected chi connectivity index (χ0v) is 18.6. The molecule has 6 nitrogen and oxygen atoms in total. The van der Waals surface area contributed by atoms with E-state index >= 15 is 0 Å². The van der Waals surface area contributed by atoms with Gasteiger partial charge in [-0.2, -0.15) is 0 Å². The molecule has 0 saturated heterocycles. The van der Waals surface area contributed by atoms with Gasteiger partial charge in [0, 0.05) is 17.8 Å². The Kier molecular flexibility index (Phi) is 7.79. The van der Waals surface area contributed by atoms with Crippen LogP contribution in [-0.2, 0) is 11.3 Å². The number of benzene rings is 2. The van der Waals surface area contributed by atoms with Gasteiger partial charge in [-0.3, -0.25) is 9.36 Å². The number of amides is 1. The summed E-state index contributed by atoms with van der Waals surface area (Å²) in [5, 5.41) is 12.8. The monoisotopic (exact) mass is 462 g/mol. The third kappa shape index (κ3) is 5.56. The third-order valence-electron chi connectivity index (χ3n) is 3.99. The molecule has 1 amide bonds. The second kappa shape index (κ2) is 10.5. The Hall–Kier alpha value is -2.48. The molecule has 30 heavy (non-hydrogen) atoms. The first kappa shape index (κ1) is 22.2. The maximum absolute atomic E-state index is 12.3. The Balaban J connectivity index is 1.70. The number of rotatable bonds is 9. The lowest BCUT2D eigenvalue weighted by molar-refractivity contribution is -0.113. The largest absolute Gasteiger partial charge is 0.494 e. The van der Waals surface area contributed by atoms with E-state index in [0.717, 1.165) is 11.3 Å². The van der Waals surface area contributed by atoms with E-state index in [-0.39, 0.29) is 11.7 Å². The highest BCUT2D eigenvalue weighted by molar-refractivity contribution is 7.99. The molecule has 0 radical (unpaired) electrons. The summed E-state index contributed by atoms with van der Waals surface area (Å²) < 4.78 is 7.40. The molecule has 1 heterocycles. The van der Waals surface area contributed by atoms with Gasteiger partial charge < -0.3 is 10.1 Å². The Morgan fingerprint density at radius 1 is 1.20 bits per heavy atom. The number of halogens is 2. The molecule has 156 valence electrons. The summed E-state index contributed by atoms with van der Waals surface area (Å²) in [5.41, 5.74) is 1.48. The Labute approximate surface area is 189 Å². The molecule has 2 aromatic carbocycles. The standard InChI is InChI=1S/C21H20Cl2N4O2S/c1-3-11-27-20(14-5-8-16(9-6-14)29-4-2)25-26-21(27)30-13-19(28)24-15-7-10-17(22)18(23)12-15/h3,5-10,12H,1,4,11,13H2,2H3,(H,24,28). The quantitative estimate of drug-likeness (QED) is 0.332. The zero-order valence-electron chi connectivity index (χ0n) is 16.3. The number of ether oxygens (including phenoxy) is 1. The normalized spacial score (nSPS) is 10.6. The minimum atomic E-state index is -0.186. The molecule has 1 N–H and O–H groups in total. The van der Waals surface area contributed by atoms with Crippen molar-refractivity contribution < 1.29 is 9.53 Å². The number of nitrogens with zero attached hydrogens (tertiary/aromatic N) is 3. The molecule has 0 atom stereocenters. The van der Waals surface area contributed by atoms with E-state index in [1.807, 2.05) is 35.8 Å². The predicted molar refractivity (Wildman–Crippen MR) is 123 cm³/mol. The number of nitrogens with one attached hydrogen (secondary N) is 1. The Bertz CT molecular complexity index is 1040. The van der Waals surface area contributed by atoms with Crippen molar-refractivity contribution in [2.75, 3.05) is 17.7 Å². The highest BCUT2D eigenvalue weighted by atomic mass is 35.5. The van der Waals surface area contributed by atoms with Crippen molar-refractivity contribution in [2.24, 2.45) is 0 Å². The first-order chi connectivity index (χ1) is 14.5. The van der Waals surface area contributed by atoms with E-state index in [9.17, 15) is 4.79 Å². The molecule has 0 fully saturated rings. The molecule has 0 spiro atoms. The van der Waals surface area contributed by atoms with Gasteiger partial charge >= 0.3 is 0 Å². The fourth-order valence-electron chi connectivity index (χ4n) is 2.67. The minimum absolute atomic E-state index is 0.165. The summed E-state index contributed by atoms with van der Waals surface area (Å²) in [6.45, 7) is 6.88. The Morgan fingerprint density at radius 2 is 1.97 bits per heavy atom. The maximum Gasteiger partial charge on any atom is 0.234 e. The molecule has 3 rings (SSSR count). The highest BCUT2D eigenvalue weighted by Gasteiger charge is 2.15. The predicted octanol–water partition coefficient (Wildman–Crippen LogP) is 5.57. The SMILES string of the molecule is C=CCn1c(SCC(=O)Nc2ccc(Cl)c(Cl)c2)nnc1-c1ccc(OCC)cc1. The molecular weight excluding hydrogens is 443 g/mol. The number of hydrogen-bond acceptors (Lipinski definition) is 5. The fraction of sp³-hybridized carbons (Fsp3) is 0.190. The molecule has 0 bridgehead atoms. The second-order valence-electron chi connectivity index (χ2n) is 6.13. The second-order valence-corrected chi connectivity index (χ2v) is 7.89. The molecule has 3 aromatic rings. The molecular formula is C21H20Cl2N4O2S. The van der Waals surface area contributed by atoms with Crippen LogP contribution in [0.15, 0.2) is 60.3 Å². The Morgan fingerprint density at radius 3 is 2.63 bits per heavy atom. The van der Waals surface area contributed by atoms with Crippen molar-refractivity contribution in [3.05, 3.63) is 65.2 Å². The van der Waals surface area contributed by atoms with Gasteiger partial charge in [0.1, 0.15) is 5.75 Å². The lowest BCUT2D eigenvalue weighted by Crippen LogP contribution is -2.14. The van der Waals surface area contributed by atoms with Crippen LogP contribution in [-0.4, -0.2) is 33.0 Å².